The maximum absolute atomic E-state index is 13.0. The third-order valence-electron chi connectivity index (χ3n) is 4.74. The molecule has 0 saturated heterocycles. The van der Waals surface area contributed by atoms with Crippen molar-refractivity contribution in [3.8, 4) is 28.3 Å². The van der Waals surface area contributed by atoms with Crippen molar-refractivity contribution in [1.82, 2.24) is 15.1 Å². The van der Waals surface area contributed by atoms with Crippen molar-refractivity contribution in [2.24, 2.45) is 0 Å². The van der Waals surface area contributed by atoms with Gasteiger partial charge in [0.1, 0.15) is 0 Å². The molecular weight excluding hydrogens is 366 g/mol. The molecule has 1 N–H and O–H groups in total. The fraction of sp³-hybridized carbons (Fsp3) is 0.304. The Hall–Kier alpha value is -3.28. The van der Waals surface area contributed by atoms with E-state index >= 15 is 0 Å². The number of nitrogens with one attached hydrogen (secondary N) is 1. The summed E-state index contributed by atoms with van der Waals surface area (Å²) in [7, 11) is 3.19. The van der Waals surface area contributed by atoms with Crippen LogP contribution in [0.25, 0.3) is 16.8 Å². The van der Waals surface area contributed by atoms with Crippen molar-refractivity contribution in [1.29, 1.82) is 0 Å². The Balaban J connectivity index is 2.07. The molecule has 0 aliphatic heterocycles. The van der Waals surface area contributed by atoms with E-state index in [0.29, 0.717) is 17.2 Å². The first-order valence-corrected chi connectivity index (χ1v) is 9.75. The first-order chi connectivity index (χ1) is 14.1. The molecule has 6 nitrogen and oxygen atoms in total. The largest absolute Gasteiger partial charge is 0.493 e. The van der Waals surface area contributed by atoms with Crippen LogP contribution in [-0.2, 0) is 0 Å². The van der Waals surface area contributed by atoms with Crippen LogP contribution in [0.5, 0.6) is 11.5 Å². The minimum atomic E-state index is -0.189. The number of methoxy groups -OCH3 is 2. The van der Waals surface area contributed by atoms with Gasteiger partial charge in [0.05, 0.1) is 19.9 Å². The molecule has 29 heavy (non-hydrogen) atoms. The SMILES string of the molecule is CCCC(C)NC(=O)c1nn(-c2ccccc2)cc1-c1ccc(OC)c(OC)c1. The van der Waals surface area contributed by atoms with E-state index in [2.05, 4.69) is 17.3 Å². The van der Waals surface area contributed by atoms with Crippen LogP contribution in [0.1, 0.15) is 37.2 Å². The van der Waals surface area contributed by atoms with Gasteiger partial charge in [0, 0.05) is 17.8 Å². The lowest BCUT2D eigenvalue weighted by atomic mass is 10.0. The summed E-state index contributed by atoms with van der Waals surface area (Å²) in [5, 5.41) is 7.65. The second kappa shape index (κ2) is 9.28. The maximum Gasteiger partial charge on any atom is 0.272 e. The summed E-state index contributed by atoms with van der Waals surface area (Å²) in [5.74, 6) is 1.04. The van der Waals surface area contributed by atoms with E-state index in [4.69, 9.17) is 9.47 Å². The Morgan fingerprint density at radius 2 is 1.83 bits per heavy atom. The maximum atomic E-state index is 13.0. The molecule has 6 heteroatoms. The Kier molecular flexibility index (Phi) is 6.54. The van der Waals surface area contributed by atoms with Crippen molar-refractivity contribution in [2.75, 3.05) is 14.2 Å². The van der Waals surface area contributed by atoms with Gasteiger partial charge in [-0.15, -0.1) is 0 Å². The molecule has 0 bridgehead atoms. The van der Waals surface area contributed by atoms with Crippen LogP contribution in [0.3, 0.4) is 0 Å². The van der Waals surface area contributed by atoms with Crippen molar-refractivity contribution >= 4 is 5.91 Å². The smallest absolute Gasteiger partial charge is 0.272 e. The quantitative estimate of drug-likeness (QED) is 0.613. The van der Waals surface area contributed by atoms with E-state index in [0.717, 1.165) is 29.7 Å². The number of ether oxygens (including phenoxy) is 2. The normalized spacial score (nSPS) is 11.7. The monoisotopic (exact) mass is 393 g/mol. The van der Waals surface area contributed by atoms with Gasteiger partial charge in [-0.1, -0.05) is 37.6 Å². The first kappa shape index (κ1) is 20.5. The number of amides is 1. The summed E-state index contributed by atoms with van der Waals surface area (Å²) in [6, 6.07) is 15.4. The van der Waals surface area contributed by atoms with Crippen molar-refractivity contribution in [3.05, 3.63) is 60.4 Å². The number of hydrogen-bond donors (Lipinski definition) is 1. The highest BCUT2D eigenvalue weighted by Gasteiger charge is 2.21. The zero-order chi connectivity index (χ0) is 20.8. The summed E-state index contributed by atoms with van der Waals surface area (Å²) < 4.78 is 12.5. The number of rotatable bonds is 8. The number of carbonyl (C=O) groups is 1. The molecule has 1 atom stereocenters. The van der Waals surface area contributed by atoms with Gasteiger partial charge < -0.3 is 14.8 Å². The molecule has 0 saturated carbocycles. The van der Waals surface area contributed by atoms with Crippen molar-refractivity contribution in [3.63, 3.8) is 0 Å². The second-order valence-corrected chi connectivity index (χ2v) is 6.90. The van der Waals surface area contributed by atoms with Crippen molar-refractivity contribution < 1.29 is 14.3 Å². The molecule has 152 valence electrons. The standard InChI is InChI=1S/C23H27N3O3/c1-5-9-16(2)24-23(27)22-19(15-26(25-22)18-10-7-6-8-11-18)17-12-13-20(28-3)21(14-17)29-4/h6-8,10-16H,5,9H2,1-4H3,(H,24,27). The fourth-order valence-corrected chi connectivity index (χ4v) is 3.27. The van der Waals surface area contributed by atoms with Crippen LogP contribution in [0, 0.1) is 0 Å². The minimum Gasteiger partial charge on any atom is -0.493 e. The van der Waals surface area contributed by atoms with E-state index in [1.165, 1.54) is 0 Å². The third kappa shape index (κ3) is 4.59. The summed E-state index contributed by atoms with van der Waals surface area (Å²) in [5.41, 5.74) is 2.83. The van der Waals surface area contributed by atoms with Gasteiger partial charge in [0.25, 0.3) is 5.91 Å². The molecular formula is C23H27N3O3. The van der Waals surface area contributed by atoms with Gasteiger partial charge in [-0.3, -0.25) is 4.79 Å². The van der Waals surface area contributed by atoms with Crippen LogP contribution < -0.4 is 14.8 Å². The Morgan fingerprint density at radius 3 is 2.48 bits per heavy atom. The van der Waals surface area contributed by atoms with Crippen LogP contribution >= 0.6 is 0 Å². The average Bonchev–Trinajstić information content (AvgIpc) is 3.19. The lowest BCUT2D eigenvalue weighted by molar-refractivity contribution is 0.0933. The Labute approximate surface area is 171 Å². The van der Waals surface area contributed by atoms with Crippen LogP contribution in [0.2, 0.25) is 0 Å². The molecule has 1 aromatic heterocycles. The number of benzene rings is 2. The van der Waals surface area contributed by atoms with Gasteiger partial charge >= 0.3 is 0 Å². The number of nitrogens with zero attached hydrogens (tertiary/aromatic N) is 2. The summed E-state index contributed by atoms with van der Waals surface area (Å²) in [6.07, 6.45) is 3.79. The number of aromatic nitrogens is 2. The molecule has 0 radical (unpaired) electrons. The molecule has 0 spiro atoms. The summed E-state index contributed by atoms with van der Waals surface area (Å²) in [6.45, 7) is 4.10. The van der Waals surface area contributed by atoms with E-state index in [-0.39, 0.29) is 11.9 Å². The molecule has 1 unspecified atom stereocenters. The Bertz CT molecular complexity index is 967. The predicted octanol–water partition coefficient (Wildman–Crippen LogP) is 4.47. The summed E-state index contributed by atoms with van der Waals surface area (Å²) in [4.78, 5) is 13.0. The first-order valence-electron chi connectivity index (χ1n) is 9.75. The average molecular weight is 393 g/mol. The number of para-hydroxylation sites is 1. The predicted molar refractivity (Wildman–Crippen MR) is 114 cm³/mol. The lowest BCUT2D eigenvalue weighted by Crippen LogP contribution is -2.33. The van der Waals surface area contributed by atoms with Gasteiger partial charge in [-0.25, -0.2) is 4.68 Å². The van der Waals surface area contributed by atoms with Gasteiger partial charge in [0.15, 0.2) is 17.2 Å². The molecule has 3 aromatic rings. The lowest BCUT2D eigenvalue weighted by Gasteiger charge is -2.13. The Morgan fingerprint density at radius 1 is 1.10 bits per heavy atom. The van der Waals surface area contributed by atoms with Crippen LogP contribution in [0.4, 0.5) is 0 Å². The summed E-state index contributed by atoms with van der Waals surface area (Å²) >= 11 is 0. The molecule has 1 heterocycles. The van der Waals surface area contributed by atoms with E-state index < -0.39 is 0 Å². The number of hydrogen-bond acceptors (Lipinski definition) is 4. The van der Waals surface area contributed by atoms with E-state index in [9.17, 15) is 4.79 Å². The molecule has 3 rings (SSSR count). The molecule has 0 aliphatic rings. The molecule has 0 aliphatic carbocycles. The minimum absolute atomic E-state index is 0.0765. The third-order valence-corrected chi connectivity index (χ3v) is 4.74. The number of carbonyl (C=O) groups excluding carboxylic acids is 1. The molecule has 1 amide bonds. The van der Waals surface area contributed by atoms with E-state index in [1.807, 2.05) is 61.7 Å². The zero-order valence-electron chi connectivity index (χ0n) is 17.3. The fourth-order valence-electron chi connectivity index (χ4n) is 3.27. The highest BCUT2D eigenvalue weighted by Crippen LogP contribution is 2.34. The highest BCUT2D eigenvalue weighted by molar-refractivity contribution is 5.99. The van der Waals surface area contributed by atoms with Crippen LogP contribution in [-0.4, -0.2) is 35.9 Å². The van der Waals surface area contributed by atoms with Gasteiger partial charge in [0.2, 0.25) is 0 Å². The topological polar surface area (TPSA) is 65.4 Å². The van der Waals surface area contributed by atoms with Crippen molar-refractivity contribution in [2.45, 2.75) is 32.7 Å². The highest BCUT2D eigenvalue weighted by atomic mass is 16.5. The van der Waals surface area contributed by atoms with Gasteiger partial charge in [-0.05, 0) is 43.2 Å². The van der Waals surface area contributed by atoms with Crippen LogP contribution in [0.15, 0.2) is 54.7 Å². The van der Waals surface area contributed by atoms with E-state index in [1.54, 1.807) is 18.9 Å². The molecule has 0 fully saturated rings. The molecule has 2 aromatic carbocycles. The zero-order valence-corrected chi connectivity index (χ0v) is 17.3. The van der Waals surface area contributed by atoms with Gasteiger partial charge in [-0.2, -0.15) is 5.10 Å². The second-order valence-electron chi connectivity index (χ2n) is 6.90.